The fraction of sp³-hybridized carbons (Fsp3) is 0.0769. The van der Waals surface area contributed by atoms with Crippen molar-refractivity contribution in [2.75, 3.05) is 4.72 Å². The van der Waals surface area contributed by atoms with Crippen molar-refractivity contribution in [2.24, 2.45) is 7.05 Å². The number of carboxylic acid groups (broad SMARTS) is 1. The van der Waals surface area contributed by atoms with E-state index in [0.29, 0.717) is 34.0 Å². The SMILES string of the molecule is Cc1cc(Oc2ccncc2)ccc1S(=O)(=O)Nc1c(C(=O)O)cnc2c1c(-c1ccccc1)nn2C. The summed E-state index contributed by atoms with van der Waals surface area (Å²) in [6.45, 7) is 1.63. The molecule has 5 aromatic rings. The number of nitrogens with zero attached hydrogens (tertiary/aromatic N) is 4. The highest BCUT2D eigenvalue weighted by molar-refractivity contribution is 7.92. The molecule has 10 nitrogen and oxygen atoms in total. The Morgan fingerprint density at radius 3 is 2.43 bits per heavy atom. The number of ether oxygens (including phenoxy) is 1. The van der Waals surface area contributed by atoms with Gasteiger partial charge in [0, 0.05) is 31.2 Å². The lowest BCUT2D eigenvalue weighted by molar-refractivity contribution is 0.0697. The molecule has 2 aromatic carbocycles. The van der Waals surface area contributed by atoms with Crippen LogP contribution in [-0.2, 0) is 17.1 Å². The van der Waals surface area contributed by atoms with Gasteiger partial charge in [0.25, 0.3) is 10.0 Å². The Morgan fingerprint density at radius 1 is 1.03 bits per heavy atom. The first-order chi connectivity index (χ1) is 17.7. The van der Waals surface area contributed by atoms with Crippen LogP contribution in [0, 0.1) is 6.92 Å². The smallest absolute Gasteiger partial charge is 0.339 e. The van der Waals surface area contributed by atoms with E-state index in [-0.39, 0.29) is 21.5 Å². The molecule has 0 amide bonds. The van der Waals surface area contributed by atoms with Crippen molar-refractivity contribution in [1.29, 1.82) is 0 Å². The van der Waals surface area contributed by atoms with E-state index in [0.717, 1.165) is 6.20 Å². The molecule has 3 aromatic heterocycles. The van der Waals surface area contributed by atoms with Crippen LogP contribution in [0.5, 0.6) is 11.5 Å². The van der Waals surface area contributed by atoms with Gasteiger partial charge in [-0.05, 0) is 42.8 Å². The first kappa shape index (κ1) is 23.9. The summed E-state index contributed by atoms with van der Waals surface area (Å²) < 4.78 is 36.9. The largest absolute Gasteiger partial charge is 0.478 e. The summed E-state index contributed by atoms with van der Waals surface area (Å²) in [6, 6.07) is 17.0. The summed E-state index contributed by atoms with van der Waals surface area (Å²) in [5.41, 5.74) is 1.43. The topological polar surface area (TPSA) is 136 Å². The van der Waals surface area contributed by atoms with Gasteiger partial charge < -0.3 is 9.84 Å². The van der Waals surface area contributed by atoms with E-state index in [1.807, 2.05) is 18.2 Å². The number of anilines is 1. The average Bonchev–Trinajstić information content (AvgIpc) is 3.22. The maximum absolute atomic E-state index is 13.6. The van der Waals surface area contributed by atoms with Crippen molar-refractivity contribution in [3.63, 3.8) is 0 Å². The molecule has 0 saturated heterocycles. The molecule has 0 aliphatic rings. The summed E-state index contributed by atoms with van der Waals surface area (Å²) in [6.07, 6.45) is 4.29. The van der Waals surface area contributed by atoms with Crippen LogP contribution in [0.15, 0.2) is 84.1 Å². The molecule has 0 bridgehead atoms. The fourth-order valence-corrected chi connectivity index (χ4v) is 5.32. The predicted octanol–water partition coefficient (Wildman–Crippen LogP) is 4.63. The summed E-state index contributed by atoms with van der Waals surface area (Å²) in [5, 5.41) is 14.7. The Labute approximate surface area is 212 Å². The Kier molecular flexibility index (Phi) is 6.06. The van der Waals surface area contributed by atoms with Crippen molar-refractivity contribution in [1.82, 2.24) is 19.7 Å². The number of carboxylic acids is 1. The van der Waals surface area contributed by atoms with Crippen LogP contribution < -0.4 is 9.46 Å². The molecule has 37 heavy (non-hydrogen) atoms. The lowest BCUT2D eigenvalue weighted by atomic mass is 10.1. The number of benzene rings is 2. The van der Waals surface area contributed by atoms with Crippen LogP contribution in [0.25, 0.3) is 22.3 Å². The second kappa shape index (κ2) is 9.36. The second-order valence-corrected chi connectivity index (χ2v) is 9.86. The minimum absolute atomic E-state index is 0.0268. The van der Waals surface area contributed by atoms with Gasteiger partial charge in [0.2, 0.25) is 0 Å². The molecule has 0 aliphatic carbocycles. The van der Waals surface area contributed by atoms with Crippen LogP contribution in [0.1, 0.15) is 15.9 Å². The summed E-state index contributed by atoms with van der Waals surface area (Å²) >= 11 is 0. The van der Waals surface area contributed by atoms with Crippen LogP contribution in [0.2, 0.25) is 0 Å². The van der Waals surface area contributed by atoms with Gasteiger partial charge in [0.1, 0.15) is 22.8 Å². The van der Waals surface area contributed by atoms with Crippen molar-refractivity contribution in [3.8, 4) is 22.8 Å². The van der Waals surface area contributed by atoms with Gasteiger partial charge in [-0.2, -0.15) is 5.10 Å². The van der Waals surface area contributed by atoms with E-state index in [2.05, 4.69) is 19.8 Å². The molecular formula is C26H21N5O5S. The summed E-state index contributed by atoms with van der Waals surface area (Å²) in [5.74, 6) is -0.329. The number of fused-ring (bicyclic) bond motifs is 1. The van der Waals surface area contributed by atoms with E-state index >= 15 is 0 Å². The summed E-state index contributed by atoms with van der Waals surface area (Å²) in [7, 11) is -2.56. The Bertz CT molecular complexity index is 1740. The van der Waals surface area contributed by atoms with Gasteiger partial charge in [0.15, 0.2) is 5.65 Å². The van der Waals surface area contributed by atoms with Gasteiger partial charge >= 0.3 is 5.97 Å². The van der Waals surface area contributed by atoms with Crippen LogP contribution in [0.3, 0.4) is 0 Å². The Morgan fingerprint density at radius 2 is 1.76 bits per heavy atom. The molecule has 0 unspecified atom stereocenters. The lowest BCUT2D eigenvalue weighted by Gasteiger charge is -2.15. The van der Waals surface area contributed by atoms with E-state index in [4.69, 9.17) is 4.74 Å². The first-order valence-corrected chi connectivity index (χ1v) is 12.6. The molecule has 0 saturated carbocycles. The summed E-state index contributed by atoms with van der Waals surface area (Å²) in [4.78, 5) is 20.3. The quantitative estimate of drug-likeness (QED) is 0.320. The lowest BCUT2D eigenvalue weighted by Crippen LogP contribution is -2.17. The van der Waals surface area contributed by atoms with Gasteiger partial charge in [0.05, 0.1) is 16.0 Å². The number of sulfonamides is 1. The Hall–Kier alpha value is -4.77. The van der Waals surface area contributed by atoms with Crippen molar-refractivity contribution < 1.29 is 23.1 Å². The van der Waals surface area contributed by atoms with E-state index in [9.17, 15) is 18.3 Å². The zero-order chi connectivity index (χ0) is 26.2. The number of rotatable bonds is 7. The number of hydrogen-bond donors (Lipinski definition) is 2. The highest BCUT2D eigenvalue weighted by Gasteiger charge is 2.27. The normalized spacial score (nSPS) is 11.4. The van der Waals surface area contributed by atoms with Crippen molar-refractivity contribution in [3.05, 3.63) is 90.4 Å². The van der Waals surface area contributed by atoms with E-state index in [1.54, 1.807) is 56.7 Å². The van der Waals surface area contributed by atoms with Gasteiger partial charge in [-0.15, -0.1) is 0 Å². The molecule has 5 rings (SSSR count). The first-order valence-electron chi connectivity index (χ1n) is 11.1. The predicted molar refractivity (Wildman–Crippen MR) is 137 cm³/mol. The number of nitrogens with one attached hydrogen (secondary N) is 1. The minimum Gasteiger partial charge on any atom is -0.478 e. The van der Waals surface area contributed by atoms with Crippen molar-refractivity contribution in [2.45, 2.75) is 11.8 Å². The van der Waals surface area contributed by atoms with Gasteiger partial charge in [-0.1, -0.05) is 30.3 Å². The number of carbonyl (C=O) groups is 1. The van der Waals surface area contributed by atoms with E-state index in [1.165, 1.54) is 16.8 Å². The maximum atomic E-state index is 13.6. The van der Waals surface area contributed by atoms with Gasteiger partial charge in [-0.3, -0.25) is 9.71 Å². The van der Waals surface area contributed by atoms with Crippen LogP contribution >= 0.6 is 0 Å². The monoisotopic (exact) mass is 515 g/mol. The number of aromatic nitrogens is 4. The number of aromatic carboxylic acids is 1. The van der Waals surface area contributed by atoms with Crippen LogP contribution in [0.4, 0.5) is 5.69 Å². The van der Waals surface area contributed by atoms with Gasteiger partial charge in [-0.25, -0.2) is 22.9 Å². The van der Waals surface area contributed by atoms with Crippen LogP contribution in [-0.4, -0.2) is 39.2 Å². The van der Waals surface area contributed by atoms with Crippen molar-refractivity contribution >= 4 is 32.7 Å². The molecule has 3 heterocycles. The molecule has 11 heteroatoms. The minimum atomic E-state index is -4.21. The number of aryl methyl sites for hydroxylation is 2. The number of pyridine rings is 2. The standard InChI is InChI=1S/C26H21N5O5S/c1-16-14-19(36-18-10-12-27-13-11-18)8-9-21(16)37(34,35)30-24-20(26(32)33)15-28-25-22(24)23(29-31(25)2)17-6-4-3-5-7-17/h3-15H,1-2H3,(H,28,30)(H,32,33). The molecule has 0 spiro atoms. The molecule has 0 aliphatic heterocycles. The highest BCUT2D eigenvalue weighted by Crippen LogP contribution is 2.36. The third-order valence-electron chi connectivity index (χ3n) is 5.69. The molecule has 0 radical (unpaired) electrons. The highest BCUT2D eigenvalue weighted by atomic mass is 32.2. The third kappa shape index (κ3) is 4.59. The Balaban J connectivity index is 1.60. The van der Waals surface area contributed by atoms with E-state index < -0.39 is 16.0 Å². The molecule has 186 valence electrons. The number of hydrogen-bond acceptors (Lipinski definition) is 7. The second-order valence-electron chi connectivity index (χ2n) is 8.21. The molecule has 0 fully saturated rings. The zero-order valence-electron chi connectivity index (χ0n) is 19.8. The average molecular weight is 516 g/mol. The fourth-order valence-electron chi connectivity index (χ4n) is 4.00. The maximum Gasteiger partial charge on any atom is 0.339 e. The molecular weight excluding hydrogens is 494 g/mol. The zero-order valence-corrected chi connectivity index (χ0v) is 20.6. The third-order valence-corrected chi connectivity index (χ3v) is 7.20. The molecule has 2 N–H and O–H groups in total. The molecule has 0 atom stereocenters.